The molecule has 1 fully saturated rings. The van der Waals surface area contributed by atoms with Gasteiger partial charge in [0, 0.05) is 7.11 Å². The number of rotatable bonds is 2. The summed E-state index contributed by atoms with van der Waals surface area (Å²) >= 11 is 0. The topological polar surface area (TPSA) is 9.23 Å². The van der Waals surface area contributed by atoms with Crippen LogP contribution < -0.4 is 0 Å². The molecule has 2 aliphatic carbocycles. The molecule has 0 aliphatic heterocycles. The molecule has 0 spiro atoms. The van der Waals surface area contributed by atoms with E-state index in [0.29, 0.717) is 6.10 Å². The average molecular weight is 192 g/mol. The van der Waals surface area contributed by atoms with Crippen LogP contribution in [0.25, 0.3) is 0 Å². The van der Waals surface area contributed by atoms with Gasteiger partial charge in [-0.3, -0.25) is 0 Å². The molecular formula is C13H20O. The Morgan fingerprint density at radius 2 is 2.29 bits per heavy atom. The molecule has 2 atom stereocenters. The van der Waals surface area contributed by atoms with Gasteiger partial charge in [0.05, 0.1) is 6.10 Å². The first-order chi connectivity index (χ1) is 6.90. The highest BCUT2D eigenvalue weighted by molar-refractivity contribution is 5.15. The van der Waals surface area contributed by atoms with E-state index in [9.17, 15) is 0 Å². The SMILES string of the molecule is COC1CCC/C1=C\C1CC=CCC1. The Morgan fingerprint density at radius 1 is 1.36 bits per heavy atom. The second-order valence-electron chi connectivity index (χ2n) is 4.40. The minimum Gasteiger partial charge on any atom is -0.377 e. The lowest BCUT2D eigenvalue weighted by Gasteiger charge is -2.17. The van der Waals surface area contributed by atoms with E-state index >= 15 is 0 Å². The maximum atomic E-state index is 5.48. The summed E-state index contributed by atoms with van der Waals surface area (Å²) in [5.74, 6) is 0.783. The molecule has 0 bridgehead atoms. The molecule has 2 aliphatic rings. The Hall–Kier alpha value is -0.560. The predicted molar refractivity (Wildman–Crippen MR) is 59.2 cm³/mol. The van der Waals surface area contributed by atoms with Crippen molar-refractivity contribution in [1.29, 1.82) is 0 Å². The van der Waals surface area contributed by atoms with Crippen LogP contribution in [-0.4, -0.2) is 13.2 Å². The van der Waals surface area contributed by atoms with Crippen LogP contribution in [0.5, 0.6) is 0 Å². The maximum absolute atomic E-state index is 5.48. The Labute approximate surface area is 86.8 Å². The number of ether oxygens (including phenoxy) is 1. The monoisotopic (exact) mass is 192 g/mol. The average Bonchev–Trinajstić information content (AvgIpc) is 2.67. The van der Waals surface area contributed by atoms with E-state index in [-0.39, 0.29) is 0 Å². The Kier molecular flexibility index (Phi) is 3.41. The van der Waals surface area contributed by atoms with Gasteiger partial charge in [0.15, 0.2) is 0 Å². The lowest BCUT2D eigenvalue weighted by Crippen LogP contribution is -2.09. The van der Waals surface area contributed by atoms with E-state index in [0.717, 1.165) is 5.92 Å². The van der Waals surface area contributed by atoms with Gasteiger partial charge in [0.1, 0.15) is 0 Å². The van der Waals surface area contributed by atoms with E-state index < -0.39 is 0 Å². The second-order valence-corrected chi connectivity index (χ2v) is 4.40. The zero-order valence-electron chi connectivity index (χ0n) is 9.04. The van der Waals surface area contributed by atoms with Gasteiger partial charge >= 0.3 is 0 Å². The summed E-state index contributed by atoms with van der Waals surface area (Å²) in [4.78, 5) is 0. The molecule has 0 aromatic rings. The zero-order chi connectivity index (χ0) is 9.80. The third-order valence-corrected chi connectivity index (χ3v) is 3.39. The normalized spacial score (nSPS) is 35.4. The van der Waals surface area contributed by atoms with Crippen LogP contribution in [0.3, 0.4) is 0 Å². The first kappa shape index (κ1) is 9.97. The molecule has 0 aromatic carbocycles. The lowest BCUT2D eigenvalue weighted by molar-refractivity contribution is 0.136. The van der Waals surface area contributed by atoms with Crippen molar-refractivity contribution in [2.45, 2.75) is 44.6 Å². The molecule has 0 radical (unpaired) electrons. The van der Waals surface area contributed by atoms with Crippen LogP contribution in [0.4, 0.5) is 0 Å². The first-order valence-electron chi connectivity index (χ1n) is 5.78. The van der Waals surface area contributed by atoms with Gasteiger partial charge in [-0.15, -0.1) is 0 Å². The minimum absolute atomic E-state index is 0.431. The summed E-state index contributed by atoms with van der Waals surface area (Å²) in [5.41, 5.74) is 1.56. The van der Waals surface area contributed by atoms with E-state index in [2.05, 4.69) is 18.2 Å². The second kappa shape index (κ2) is 4.79. The zero-order valence-corrected chi connectivity index (χ0v) is 9.04. The number of methoxy groups -OCH3 is 1. The molecule has 1 nitrogen and oxygen atoms in total. The number of allylic oxidation sites excluding steroid dienone is 3. The van der Waals surface area contributed by atoms with Gasteiger partial charge < -0.3 is 4.74 Å². The molecule has 2 rings (SSSR count). The van der Waals surface area contributed by atoms with Gasteiger partial charge in [-0.05, 0) is 50.0 Å². The van der Waals surface area contributed by atoms with Gasteiger partial charge in [-0.2, -0.15) is 0 Å². The molecule has 14 heavy (non-hydrogen) atoms. The molecule has 0 N–H and O–H groups in total. The minimum atomic E-state index is 0.431. The molecule has 1 saturated carbocycles. The van der Waals surface area contributed by atoms with Crippen molar-refractivity contribution >= 4 is 0 Å². The quantitative estimate of drug-likeness (QED) is 0.609. The predicted octanol–water partition coefficient (Wildman–Crippen LogP) is 3.47. The maximum Gasteiger partial charge on any atom is 0.0781 e. The van der Waals surface area contributed by atoms with Crippen molar-refractivity contribution < 1.29 is 4.74 Å². The summed E-state index contributed by atoms with van der Waals surface area (Å²) in [6.45, 7) is 0. The third kappa shape index (κ3) is 2.27. The molecular weight excluding hydrogens is 172 g/mol. The summed E-state index contributed by atoms with van der Waals surface area (Å²) < 4.78 is 5.48. The van der Waals surface area contributed by atoms with Crippen LogP contribution in [0.1, 0.15) is 38.5 Å². The van der Waals surface area contributed by atoms with Crippen molar-refractivity contribution in [3.8, 4) is 0 Å². The summed E-state index contributed by atoms with van der Waals surface area (Å²) in [7, 11) is 1.84. The third-order valence-electron chi connectivity index (χ3n) is 3.39. The molecule has 0 heterocycles. The van der Waals surface area contributed by atoms with Crippen LogP contribution >= 0.6 is 0 Å². The van der Waals surface area contributed by atoms with Crippen molar-refractivity contribution in [3.05, 3.63) is 23.8 Å². The molecule has 0 aromatic heterocycles. The first-order valence-corrected chi connectivity index (χ1v) is 5.78. The van der Waals surface area contributed by atoms with Crippen molar-refractivity contribution in [2.75, 3.05) is 7.11 Å². The fourth-order valence-electron chi connectivity index (χ4n) is 2.57. The summed E-state index contributed by atoms with van der Waals surface area (Å²) in [6.07, 6.45) is 15.2. The van der Waals surface area contributed by atoms with Gasteiger partial charge in [0.2, 0.25) is 0 Å². The van der Waals surface area contributed by atoms with Crippen LogP contribution in [-0.2, 0) is 4.74 Å². The lowest BCUT2D eigenvalue weighted by atomic mass is 9.92. The van der Waals surface area contributed by atoms with Crippen molar-refractivity contribution in [2.24, 2.45) is 5.92 Å². The molecule has 0 amide bonds. The van der Waals surface area contributed by atoms with Crippen molar-refractivity contribution in [3.63, 3.8) is 0 Å². The van der Waals surface area contributed by atoms with Gasteiger partial charge in [-0.1, -0.05) is 18.2 Å². The summed E-state index contributed by atoms with van der Waals surface area (Å²) in [5, 5.41) is 0. The van der Waals surface area contributed by atoms with Gasteiger partial charge in [-0.25, -0.2) is 0 Å². The molecule has 0 saturated heterocycles. The molecule has 78 valence electrons. The highest BCUT2D eigenvalue weighted by atomic mass is 16.5. The number of hydrogen-bond donors (Lipinski definition) is 0. The Balaban J connectivity index is 1.98. The van der Waals surface area contributed by atoms with E-state index in [4.69, 9.17) is 4.74 Å². The van der Waals surface area contributed by atoms with Gasteiger partial charge in [0.25, 0.3) is 0 Å². The Bertz CT molecular complexity index is 240. The largest absolute Gasteiger partial charge is 0.377 e. The fraction of sp³-hybridized carbons (Fsp3) is 0.692. The van der Waals surface area contributed by atoms with E-state index in [1.165, 1.54) is 38.5 Å². The van der Waals surface area contributed by atoms with Crippen LogP contribution in [0, 0.1) is 5.92 Å². The highest BCUT2D eigenvalue weighted by Crippen LogP contribution is 2.30. The van der Waals surface area contributed by atoms with Crippen LogP contribution in [0.15, 0.2) is 23.8 Å². The smallest absolute Gasteiger partial charge is 0.0781 e. The molecule has 2 unspecified atom stereocenters. The van der Waals surface area contributed by atoms with Crippen molar-refractivity contribution in [1.82, 2.24) is 0 Å². The summed E-state index contributed by atoms with van der Waals surface area (Å²) in [6, 6.07) is 0. The highest BCUT2D eigenvalue weighted by Gasteiger charge is 2.21. The van der Waals surface area contributed by atoms with Crippen LogP contribution in [0.2, 0.25) is 0 Å². The van der Waals surface area contributed by atoms with E-state index in [1.807, 2.05) is 7.11 Å². The standard InChI is InChI=1S/C13H20O/c1-14-13-9-5-8-12(13)10-11-6-3-2-4-7-11/h2-3,10-11,13H,4-9H2,1H3/b12-10+. The van der Waals surface area contributed by atoms with E-state index in [1.54, 1.807) is 5.57 Å². The molecule has 1 heteroatoms. The fourth-order valence-corrected chi connectivity index (χ4v) is 2.57. The Morgan fingerprint density at radius 3 is 3.00 bits per heavy atom. The number of hydrogen-bond acceptors (Lipinski definition) is 1.